The molecule has 0 spiro atoms. The Morgan fingerprint density at radius 1 is 1.33 bits per heavy atom. The van der Waals surface area contributed by atoms with Gasteiger partial charge in [0.15, 0.2) is 0 Å². The lowest BCUT2D eigenvalue weighted by Crippen LogP contribution is -2.28. The number of aromatic nitrogens is 2. The SMILES string of the molecule is CCCCCC(NN)c1cnc(C)cn1. The second-order valence-corrected chi connectivity index (χ2v) is 3.80. The lowest BCUT2D eigenvalue weighted by Gasteiger charge is -2.14. The summed E-state index contributed by atoms with van der Waals surface area (Å²) in [5.74, 6) is 5.51. The molecule has 1 rings (SSSR count). The maximum absolute atomic E-state index is 5.51. The maximum Gasteiger partial charge on any atom is 0.0769 e. The van der Waals surface area contributed by atoms with Crippen LogP contribution in [0.4, 0.5) is 0 Å². The van der Waals surface area contributed by atoms with Crippen molar-refractivity contribution in [2.75, 3.05) is 0 Å². The van der Waals surface area contributed by atoms with Gasteiger partial charge in [-0.25, -0.2) is 0 Å². The minimum Gasteiger partial charge on any atom is -0.271 e. The van der Waals surface area contributed by atoms with Gasteiger partial charge < -0.3 is 0 Å². The van der Waals surface area contributed by atoms with Gasteiger partial charge in [0.05, 0.1) is 23.6 Å². The van der Waals surface area contributed by atoms with Crippen LogP contribution >= 0.6 is 0 Å². The molecule has 1 heterocycles. The molecule has 0 aliphatic heterocycles. The average Bonchev–Trinajstić information content (AvgIpc) is 2.26. The van der Waals surface area contributed by atoms with E-state index in [9.17, 15) is 0 Å². The molecule has 0 saturated heterocycles. The van der Waals surface area contributed by atoms with Crippen molar-refractivity contribution in [1.29, 1.82) is 0 Å². The molecule has 0 fully saturated rings. The van der Waals surface area contributed by atoms with Gasteiger partial charge >= 0.3 is 0 Å². The molecule has 0 saturated carbocycles. The van der Waals surface area contributed by atoms with Crippen molar-refractivity contribution < 1.29 is 0 Å². The molecule has 15 heavy (non-hydrogen) atoms. The third-order valence-electron chi connectivity index (χ3n) is 2.46. The van der Waals surface area contributed by atoms with E-state index in [4.69, 9.17) is 5.84 Å². The van der Waals surface area contributed by atoms with Gasteiger partial charge in [0.1, 0.15) is 0 Å². The fraction of sp³-hybridized carbons (Fsp3) is 0.636. The van der Waals surface area contributed by atoms with Gasteiger partial charge in [-0.1, -0.05) is 26.2 Å². The molecule has 1 aromatic rings. The molecule has 0 amide bonds. The zero-order chi connectivity index (χ0) is 11.1. The topological polar surface area (TPSA) is 63.8 Å². The van der Waals surface area contributed by atoms with E-state index in [1.165, 1.54) is 19.3 Å². The minimum atomic E-state index is 0.129. The van der Waals surface area contributed by atoms with Gasteiger partial charge in [0.2, 0.25) is 0 Å². The molecule has 4 heteroatoms. The standard InChI is InChI=1S/C11H20N4/c1-3-4-5-6-10(15-12)11-8-13-9(2)7-14-11/h7-8,10,15H,3-6,12H2,1-2H3. The van der Waals surface area contributed by atoms with Gasteiger partial charge in [0, 0.05) is 6.20 Å². The van der Waals surface area contributed by atoms with Gasteiger partial charge in [0.25, 0.3) is 0 Å². The van der Waals surface area contributed by atoms with Gasteiger partial charge in [-0.2, -0.15) is 0 Å². The van der Waals surface area contributed by atoms with Crippen molar-refractivity contribution in [1.82, 2.24) is 15.4 Å². The third kappa shape index (κ3) is 3.93. The van der Waals surface area contributed by atoms with Crippen LogP contribution in [0, 0.1) is 6.92 Å². The predicted molar refractivity (Wildman–Crippen MR) is 61.0 cm³/mol. The van der Waals surface area contributed by atoms with Gasteiger partial charge in [-0.15, -0.1) is 0 Å². The van der Waals surface area contributed by atoms with E-state index < -0.39 is 0 Å². The fourth-order valence-corrected chi connectivity index (χ4v) is 1.50. The van der Waals surface area contributed by atoms with Crippen molar-refractivity contribution in [2.45, 2.75) is 45.6 Å². The summed E-state index contributed by atoms with van der Waals surface area (Å²) < 4.78 is 0. The first-order chi connectivity index (χ1) is 7.27. The van der Waals surface area contributed by atoms with Crippen LogP contribution in [0.2, 0.25) is 0 Å². The number of unbranched alkanes of at least 4 members (excludes halogenated alkanes) is 2. The van der Waals surface area contributed by atoms with Gasteiger partial charge in [-0.05, 0) is 13.3 Å². The first kappa shape index (κ1) is 12.1. The van der Waals surface area contributed by atoms with Gasteiger partial charge in [-0.3, -0.25) is 21.2 Å². The third-order valence-corrected chi connectivity index (χ3v) is 2.46. The van der Waals surface area contributed by atoms with E-state index in [2.05, 4.69) is 22.3 Å². The van der Waals surface area contributed by atoms with Crippen molar-refractivity contribution in [3.63, 3.8) is 0 Å². The molecule has 3 N–H and O–H groups in total. The first-order valence-electron chi connectivity index (χ1n) is 5.52. The molecular formula is C11H20N4. The summed E-state index contributed by atoms with van der Waals surface area (Å²) >= 11 is 0. The van der Waals surface area contributed by atoms with E-state index in [1.54, 1.807) is 12.4 Å². The summed E-state index contributed by atoms with van der Waals surface area (Å²) in [5.41, 5.74) is 4.66. The lowest BCUT2D eigenvalue weighted by atomic mass is 10.1. The molecule has 4 nitrogen and oxygen atoms in total. The molecule has 0 aromatic carbocycles. The summed E-state index contributed by atoms with van der Waals surface area (Å²) in [7, 11) is 0. The molecule has 0 aliphatic carbocycles. The van der Waals surface area contributed by atoms with Crippen LogP contribution in [0.5, 0.6) is 0 Å². The lowest BCUT2D eigenvalue weighted by molar-refractivity contribution is 0.475. The Kier molecular flexibility index (Phi) is 5.21. The van der Waals surface area contributed by atoms with Crippen molar-refractivity contribution >= 4 is 0 Å². The number of nitrogens with one attached hydrogen (secondary N) is 1. The Hall–Kier alpha value is -1.00. The zero-order valence-electron chi connectivity index (χ0n) is 9.53. The highest BCUT2D eigenvalue weighted by Crippen LogP contribution is 2.16. The van der Waals surface area contributed by atoms with Crippen LogP contribution in [0.25, 0.3) is 0 Å². The van der Waals surface area contributed by atoms with Crippen LogP contribution in [-0.2, 0) is 0 Å². The summed E-state index contributed by atoms with van der Waals surface area (Å²) in [4.78, 5) is 8.54. The normalized spacial score (nSPS) is 12.7. The second-order valence-electron chi connectivity index (χ2n) is 3.80. The van der Waals surface area contributed by atoms with E-state index in [-0.39, 0.29) is 6.04 Å². The monoisotopic (exact) mass is 208 g/mol. The molecule has 1 aromatic heterocycles. The first-order valence-corrected chi connectivity index (χ1v) is 5.52. The van der Waals surface area contributed by atoms with Crippen LogP contribution < -0.4 is 11.3 Å². The van der Waals surface area contributed by atoms with E-state index in [0.717, 1.165) is 17.8 Å². The number of nitrogens with two attached hydrogens (primary N) is 1. The highest BCUT2D eigenvalue weighted by atomic mass is 15.2. The maximum atomic E-state index is 5.51. The highest BCUT2D eigenvalue weighted by Gasteiger charge is 2.10. The molecule has 0 bridgehead atoms. The largest absolute Gasteiger partial charge is 0.271 e. The number of hydrogen-bond acceptors (Lipinski definition) is 4. The van der Waals surface area contributed by atoms with E-state index in [1.807, 2.05) is 6.92 Å². The summed E-state index contributed by atoms with van der Waals surface area (Å²) in [6, 6.07) is 0.129. The smallest absolute Gasteiger partial charge is 0.0769 e. The van der Waals surface area contributed by atoms with Crippen LogP contribution in [0.15, 0.2) is 12.4 Å². The predicted octanol–water partition coefficient (Wildman–Crippen LogP) is 1.87. The fourth-order valence-electron chi connectivity index (χ4n) is 1.50. The van der Waals surface area contributed by atoms with Crippen LogP contribution in [-0.4, -0.2) is 9.97 Å². The molecule has 1 unspecified atom stereocenters. The number of aryl methyl sites for hydroxylation is 1. The summed E-state index contributed by atoms with van der Waals surface area (Å²) in [5, 5.41) is 0. The minimum absolute atomic E-state index is 0.129. The van der Waals surface area contributed by atoms with Crippen molar-refractivity contribution in [3.05, 3.63) is 23.8 Å². The molecule has 0 aliphatic rings. The van der Waals surface area contributed by atoms with Crippen molar-refractivity contribution in [3.8, 4) is 0 Å². The molecule has 84 valence electrons. The highest BCUT2D eigenvalue weighted by molar-refractivity contribution is 5.05. The molecular weight excluding hydrogens is 188 g/mol. The Labute approximate surface area is 91.3 Å². The quantitative estimate of drug-likeness (QED) is 0.425. The summed E-state index contributed by atoms with van der Waals surface area (Å²) in [6.45, 7) is 4.12. The molecule has 1 atom stereocenters. The summed E-state index contributed by atoms with van der Waals surface area (Å²) in [6.07, 6.45) is 8.21. The second kappa shape index (κ2) is 6.48. The van der Waals surface area contributed by atoms with Crippen LogP contribution in [0.1, 0.15) is 50.0 Å². The van der Waals surface area contributed by atoms with E-state index in [0.29, 0.717) is 0 Å². The Bertz CT molecular complexity index is 270. The number of hydrogen-bond donors (Lipinski definition) is 2. The number of nitrogens with zero attached hydrogens (tertiary/aromatic N) is 2. The Morgan fingerprint density at radius 2 is 2.13 bits per heavy atom. The average molecular weight is 208 g/mol. The Morgan fingerprint density at radius 3 is 2.67 bits per heavy atom. The number of rotatable bonds is 6. The Balaban J connectivity index is 2.53. The number of hydrazine groups is 1. The molecule has 0 radical (unpaired) electrons. The van der Waals surface area contributed by atoms with Crippen LogP contribution in [0.3, 0.4) is 0 Å². The zero-order valence-corrected chi connectivity index (χ0v) is 9.53. The van der Waals surface area contributed by atoms with Crippen molar-refractivity contribution in [2.24, 2.45) is 5.84 Å². The van der Waals surface area contributed by atoms with E-state index >= 15 is 0 Å².